The van der Waals surface area contributed by atoms with E-state index in [9.17, 15) is 9.90 Å². The van der Waals surface area contributed by atoms with Crippen molar-refractivity contribution in [3.8, 4) is 5.75 Å². The highest BCUT2D eigenvalue weighted by Gasteiger charge is 2.52. The van der Waals surface area contributed by atoms with E-state index in [2.05, 4.69) is 19.9 Å². The molecule has 0 aliphatic heterocycles. The second-order valence-electron chi connectivity index (χ2n) is 8.87. The first-order valence-electron chi connectivity index (χ1n) is 10.7. The number of hydrogen-bond acceptors (Lipinski definition) is 3. The van der Waals surface area contributed by atoms with Crippen LogP contribution in [0.2, 0.25) is 0 Å². The highest BCUT2D eigenvalue weighted by molar-refractivity contribution is 5.83. The molecular weight excluding hydrogens is 336 g/mol. The molecule has 3 unspecified atom stereocenters. The molecule has 3 nitrogen and oxygen atoms in total. The number of aryl methyl sites for hydroxylation is 2. The van der Waals surface area contributed by atoms with Crippen LogP contribution in [0.15, 0.2) is 23.8 Å². The van der Waals surface area contributed by atoms with Gasteiger partial charge in [0.1, 0.15) is 5.75 Å². The number of carbonyl (C=O) groups is 1. The molecule has 1 N–H and O–H groups in total. The van der Waals surface area contributed by atoms with Gasteiger partial charge in [-0.3, -0.25) is 0 Å². The minimum atomic E-state index is -0.173. The average molecular weight is 369 g/mol. The van der Waals surface area contributed by atoms with Crippen LogP contribution in [0.25, 0.3) is 0 Å². The van der Waals surface area contributed by atoms with E-state index < -0.39 is 0 Å². The van der Waals surface area contributed by atoms with Crippen LogP contribution < -0.4 is 0 Å². The molecule has 0 heterocycles. The Kier molecular flexibility index (Phi) is 4.82. The first kappa shape index (κ1) is 18.6. The number of esters is 1. The zero-order valence-corrected chi connectivity index (χ0v) is 16.9. The molecule has 0 spiro atoms. The van der Waals surface area contributed by atoms with E-state index in [1.165, 1.54) is 36.0 Å². The minimum absolute atomic E-state index is 0.149. The van der Waals surface area contributed by atoms with Crippen LogP contribution in [0.5, 0.6) is 5.75 Å². The summed E-state index contributed by atoms with van der Waals surface area (Å²) in [5, 5.41) is 10.3. The van der Waals surface area contributed by atoms with Gasteiger partial charge in [-0.2, -0.15) is 0 Å². The molecule has 0 aromatic heterocycles. The second kappa shape index (κ2) is 7.00. The zero-order chi connectivity index (χ0) is 19.2. The number of allylic oxidation sites excluding steroid dienone is 1. The summed E-state index contributed by atoms with van der Waals surface area (Å²) in [5.41, 5.74) is 5.39. The molecule has 0 radical (unpaired) electrons. The van der Waals surface area contributed by atoms with E-state index >= 15 is 0 Å². The Morgan fingerprint density at radius 2 is 2.07 bits per heavy atom. The molecule has 0 saturated heterocycles. The number of aromatic hydroxyl groups is 1. The molecule has 3 heteroatoms. The van der Waals surface area contributed by atoms with Crippen molar-refractivity contribution in [1.82, 2.24) is 0 Å². The fraction of sp³-hybridized carbons (Fsp3) is 0.625. The number of phenolic OH excluding ortho intramolecular Hbond substituents is 1. The van der Waals surface area contributed by atoms with Gasteiger partial charge in [-0.15, -0.1) is 0 Å². The van der Waals surface area contributed by atoms with Gasteiger partial charge >= 0.3 is 5.97 Å². The lowest BCUT2D eigenvalue weighted by Crippen LogP contribution is -2.40. The molecule has 4 rings (SSSR count). The molecule has 27 heavy (non-hydrogen) atoms. The first-order valence-corrected chi connectivity index (χ1v) is 10.7. The van der Waals surface area contributed by atoms with Crippen LogP contribution in [-0.2, 0) is 22.4 Å². The summed E-state index contributed by atoms with van der Waals surface area (Å²) in [6.07, 6.45) is 9.50. The van der Waals surface area contributed by atoms with Crippen molar-refractivity contribution >= 4 is 5.97 Å². The highest BCUT2D eigenvalue weighted by atomic mass is 16.5. The van der Waals surface area contributed by atoms with Gasteiger partial charge in [-0.25, -0.2) is 4.79 Å². The molecule has 4 atom stereocenters. The maximum absolute atomic E-state index is 12.0. The Labute approximate surface area is 162 Å². The average Bonchev–Trinajstić information content (AvgIpc) is 2.97. The number of hydrogen-bond donors (Lipinski definition) is 1. The highest BCUT2D eigenvalue weighted by Crippen LogP contribution is 2.63. The third-order valence-electron chi connectivity index (χ3n) is 7.73. The first-order chi connectivity index (χ1) is 13.0. The van der Waals surface area contributed by atoms with E-state index in [1.807, 2.05) is 13.0 Å². The van der Waals surface area contributed by atoms with E-state index in [0.717, 1.165) is 31.2 Å². The standard InChI is InChI=1S/C24H32O3/c1-4-15-12-20-16(13-22(15)25)6-8-19-18(20)10-11-24(3)17(7-9-21(19)24)14-23(26)27-5-2/h12-14,18-19,21,25H,4-11H2,1-3H3/b17-14+/t18?,19?,21-,24?/m0/s1. The van der Waals surface area contributed by atoms with Gasteiger partial charge in [0.05, 0.1) is 6.61 Å². The van der Waals surface area contributed by atoms with Crippen LogP contribution in [0.3, 0.4) is 0 Å². The van der Waals surface area contributed by atoms with Crippen molar-refractivity contribution in [3.63, 3.8) is 0 Å². The van der Waals surface area contributed by atoms with Crippen molar-refractivity contribution in [2.24, 2.45) is 17.3 Å². The Morgan fingerprint density at radius 1 is 1.26 bits per heavy atom. The van der Waals surface area contributed by atoms with E-state index in [1.54, 1.807) is 6.08 Å². The normalized spacial score (nSPS) is 33.3. The van der Waals surface area contributed by atoms with E-state index in [4.69, 9.17) is 4.74 Å². The lowest BCUT2D eigenvalue weighted by Gasteiger charge is -2.49. The van der Waals surface area contributed by atoms with Gasteiger partial charge in [0.2, 0.25) is 0 Å². The van der Waals surface area contributed by atoms with Crippen LogP contribution in [0.4, 0.5) is 0 Å². The molecule has 2 saturated carbocycles. The van der Waals surface area contributed by atoms with Crippen molar-refractivity contribution in [1.29, 1.82) is 0 Å². The van der Waals surface area contributed by atoms with Crippen molar-refractivity contribution in [2.45, 2.75) is 71.6 Å². The van der Waals surface area contributed by atoms with Crippen LogP contribution in [0, 0.1) is 17.3 Å². The summed E-state index contributed by atoms with van der Waals surface area (Å²) >= 11 is 0. The van der Waals surface area contributed by atoms with Crippen molar-refractivity contribution < 1.29 is 14.6 Å². The predicted octanol–water partition coefficient (Wildman–Crippen LogP) is 5.30. The topological polar surface area (TPSA) is 46.5 Å². The van der Waals surface area contributed by atoms with Crippen molar-refractivity contribution in [3.05, 3.63) is 40.5 Å². The molecule has 0 amide bonds. The fourth-order valence-corrected chi connectivity index (χ4v) is 6.35. The molecule has 0 bridgehead atoms. The maximum Gasteiger partial charge on any atom is 0.330 e. The van der Waals surface area contributed by atoms with E-state index in [-0.39, 0.29) is 11.4 Å². The van der Waals surface area contributed by atoms with Gasteiger partial charge in [-0.05, 0) is 97.8 Å². The summed E-state index contributed by atoms with van der Waals surface area (Å²) in [4.78, 5) is 12.0. The third kappa shape index (κ3) is 2.99. The summed E-state index contributed by atoms with van der Waals surface area (Å²) in [5.74, 6) is 2.26. The van der Waals surface area contributed by atoms with Gasteiger partial charge in [-0.1, -0.05) is 25.5 Å². The molecule has 3 aliphatic rings. The monoisotopic (exact) mass is 368 g/mol. The zero-order valence-electron chi connectivity index (χ0n) is 16.9. The number of carbonyl (C=O) groups excluding carboxylic acids is 1. The lowest BCUT2D eigenvalue weighted by atomic mass is 9.55. The van der Waals surface area contributed by atoms with Gasteiger partial charge < -0.3 is 9.84 Å². The number of phenols is 1. The Balaban J connectivity index is 1.64. The van der Waals surface area contributed by atoms with Crippen molar-refractivity contribution in [2.75, 3.05) is 6.61 Å². The summed E-state index contributed by atoms with van der Waals surface area (Å²) in [6.45, 7) is 6.80. The SMILES string of the molecule is CCOC(=O)/C=C1\CC[C@H]2C3CCc4cc(O)c(CC)cc4C3CCC12C. The second-order valence-corrected chi connectivity index (χ2v) is 8.87. The van der Waals surface area contributed by atoms with E-state index in [0.29, 0.717) is 30.1 Å². The number of fused-ring (bicyclic) bond motifs is 5. The fourth-order valence-electron chi connectivity index (χ4n) is 6.35. The third-order valence-corrected chi connectivity index (χ3v) is 7.73. The molecule has 1 aromatic rings. The quantitative estimate of drug-likeness (QED) is 0.582. The minimum Gasteiger partial charge on any atom is -0.508 e. The van der Waals surface area contributed by atoms with Gasteiger partial charge in [0.15, 0.2) is 0 Å². The maximum atomic E-state index is 12.0. The smallest absolute Gasteiger partial charge is 0.330 e. The Hall–Kier alpha value is -1.77. The molecule has 146 valence electrons. The van der Waals surface area contributed by atoms with Gasteiger partial charge in [0, 0.05) is 6.08 Å². The van der Waals surface area contributed by atoms with Crippen LogP contribution in [0.1, 0.15) is 75.5 Å². The molecule has 2 fully saturated rings. The molecule has 3 aliphatic carbocycles. The summed E-state index contributed by atoms with van der Waals surface area (Å²) < 4.78 is 5.18. The number of ether oxygens (including phenoxy) is 1. The van der Waals surface area contributed by atoms with Gasteiger partial charge in [0.25, 0.3) is 0 Å². The van der Waals surface area contributed by atoms with Crippen LogP contribution in [-0.4, -0.2) is 17.7 Å². The summed E-state index contributed by atoms with van der Waals surface area (Å²) in [6, 6.07) is 4.31. The largest absolute Gasteiger partial charge is 0.508 e. The lowest BCUT2D eigenvalue weighted by molar-refractivity contribution is -0.137. The molecular formula is C24H32O3. The Bertz CT molecular complexity index is 778. The number of benzene rings is 1. The molecule has 1 aromatic carbocycles. The summed E-state index contributed by atoms with van der Waals surface area (Å²) in [7, 11) is 0. The predicted molar refractivity (Wildman–Crippen MR) is 107 cm³/mol. The number of rotatable bonds is 3. The Morgan fingerprint density at radius 3 is 2.81 bits per heavy atom. The van der Waals surface area contributed by atoms with Crippen LogP contribution >= 0.6 is 0 Å².